The van der Waals surface area contributed by atoms with Crippen LogP contribution in [0.3, 0.4) is 0 Å². The van der Waals surface area contributed by atoms with Crippen molar-refractivity contribution in [3.8, 4) is 0 Å². The summed E-state index contributed by atoms with van der Waals surface area (Å²) in [4.78, 5) is 0. The van der Waals surface area contributed by atoms with Gasteiger partial charge in [-0.25, -0.2) is 0 Å². The Kier molecular flexibility index (Phi) is 4.93. The lowest BCUT2D eigenvalue weighted by Gasteiger charge is -2.03. The predicted octanol–water partition coefficient (Wildman–Crippen LogP) is 2.37. The Labute approximate surface area is 77.3 Å². The van der Waals surface area contributed by atoms with Crippen LogP contribution in [-0.4, -0.2) is 6.67 Å². The number of halogens is 2. The summed E-state index contributed by atoms with van der Waals surface area (Å²) in [5.74, 6) is 1.48. The smallest absolute Gasteiger partial charge is 0.120 e. The molecule has 0 aliphatic rings. The van der Waals surface area contributed by atoms with Crippen molar-refractivity contribution in [1.29, 1.82) is 0 Å². The minimum absolute atomic E-state index is 0. The highest BCUT2D eigenvalue weighted by molar-refractivity contribution is 5.85. The maximum Gasteiger partial charge on any atom is 0.120 e. The Morgan fingerprint density at radius 2 is 2.25 bits per heavy atom. The normalized spacial score (nSPS) is 12.2. The second kappa shape index (κ2) is 5.17. The highest BCUT2D eigenvalue weighted by atomic mass is 35.5. The lowest BCUT2D eigenvalue weighted by Crippen LogP contribution is -2.09. The summed E-state index contributed by atoms with van der Waals surface area (Å²) < 4.78 is 17.0. The summed E-state index contributed by atoms with van der Waals surface area (Å²) in [6, 6.07) is 3.32. The molecule has 0 fully saturated rings. The Morgan fingerprint density at radius 1 is 1.58 bits per heavy atom. The van der Waals surface area contributed by atoms with Crippen LogP contribution < -0.4 is 5.73 Å². The van der Waals surface area contributed by atoms with Gasteiger partial charge in [-0.15, -0.1) is 12.4 Å². The molecule has 0 saturated carbocycles. The standard InChI is InChI=1S/C8H12FNO.ClH/c1-6-2-3-8(11-6)7(10)4-5-9;/h2-3,7H,4-5,10H2,1H3;1H/t7-;/m0./s1. The summed E-state index contributed by atoms with van der Waals surface area (Å²) in [7, 11) is 0. The third kappa shape index (κ3) is 2.83. The summed E-state index contributed by atoms with van der Waals surface area (Å²) in [6.45, 7) is 1.44. The number of aryl methyl sites for hydroxylation is 1. The van der Waals surface area contributed by atoms with Crippen molar-refractivity contribution >= 4 is 12.4 Å². The average molecular weight is 194 g/mol. The Morgan fingerprint density at radius 3 is 2.67 bits per heavy atom. The second-order valence-electron chi connectivity index (χ2n) is 2.53. The minimum atomic E-state index is -0.402. The van der Waals surface area contributed by atoms with Gasteiger partial charge < -0.3 is 10.2 Å². The van der Waals surface area contributed by atoms with E-state index in [4.69, 9.17) is 10.2 Å². The van der Waals surface area contributed by atoms with E-state index in [0.717, 1.165) is 5.76 Å². The number of furan rings is 1. The predicted molar refractivity (Wildman–Crippen MR) is 48.2 cm³/mol. The molecule has 0 radical (unpaired) electrons. The van der Waals surface area contributed by atoms with E-state index in [1.165, 1.54) is 0 Å². The zero-order valence-electron chi connectivity index (χ0n) is 6.92. The van der Waals surface area contributed by atoms with Crippen LogP contribution in [0, 0.1) is 6.92 Å². The van der Waals surface area contributed by atoms with Crippen LogP contribution in [0.25, 0.3) is 0 Å². The molecule has 1 aromatic heterocycles. The Hall–Kier alpha value is -0.540. The van der Waals surface area contributed by atoms with Crippen molar-refractivity contribution in [3.63, 3.8) is 0 Å². The first-order valence-corrected chi connectivity index (χ1v) is 3.62. The van der Waals surface area contributed by atoms with Crippen molar-refractivity contribution < 1.29 is 8.81 Å². The van der Waals surface area contributed by atoms with Crippen molar-refractivity contribution in [2.24, 2.45) is 5.73 Å². The van der Waals surface area contributed by atoms with Gasteiger partial charge in [-0.2, -0.15) is 0 Å². The highest BCUT2D eigenvalue weighted by Gasteiger charge is 2.08. The molecular formula is C8H13ClFNO. The monoisotopic (exact) mass is 193 g/mol. The number of nitrogens with two attached hydrogens (primary N) is 1. The first kappa shape index (κ1) is 11.5. The molecule has 0 saturated heterocycles. The SMILES string of the molecule is Cc1ccc([C@@H](N)CCF)o1.Cl. The molecule has 4 heteroatoms. The zero-order valence-corrected chi connectivity index (χ0v) is 7.73. The second-order valence-corrected chi connectivity index (χ2v) is 2.53. The molecule has 1 heterocycles. The summed E-state index contributed by atoms with van der Waals surface area (Å²) in [5.41, 5.74) is 5.59. The average Bonchev–Trinajstić information content (AvgIpc) is 2.36. The number of alkyl halides is 1. The fraction of sp³-hybridized carbons (Fsp3) is 0.500. The fourth-order valence-corrected chi connectivity index (χ4v) is 0.913. The van der Waals surface area contributed by atoms with Crippen molar-refractivity contribution in [3.05, 3.63) is 23.7 Å². The lowest BCUT2D eigenvalue weighted by atomic mass is 10.2. The van der Waals surface area contributed by atoms with Crippen LogP contribution in [0.1, 0.15) is 24.0 Å². The van der Waals surface area contributed by atoms with Gasteiger partial charge in [-0.05, 0) is 25.5 Å². The molecule has 70 valence electrons. The van der Waals surface area contributed by atoms with Crippen LogP contribution in [0.2, 0.25) is 0 Å². The number of hydrogen-bond donors (Lipinski definition) is 1. The molecule has 0 amide bonds. The van der Waals surface area contributed by atoms with Gasteiger partial charge in [0.15, 0.2) is 0 Å². The van der Waals surface area contributed by atoms with E-state index in [1.54, 1.807) is 6.07 Å². The largest absolute Gasteiger partial charge is 0.465 e. The molecule has 1 aromatic rings. The van der Waals surface area contributed by atoms with Gasteiger partial charge in [0, 0.05) is 0 Å². The van der Waals surface area contributed by atoms with Crippen LogP contribution in [-0.2, 0) is 0 Å². The third-order valence-electron chi connectivity index (χ3n) is 1.55. The van der Waals surface area contributed by atoms with Gasteiger partial charge in [0.2, 0.25) is 0 Å². The van der Waals surface area contributed by atoms with Gasteiger partial charge in [-0.1, -0.05) is 0 Å². The zero-order chi connectivity index (χ0) is 8.27. The van der Waals surface area contributed by atoms with Crippen molar-refractivity contribution in [2.75, 3.05) is 6.67 Å². The van der Waals surface area contributed by atoms with Gasteiger partial charge in [0.25, 0.3) is 0 Å². The molecule has 0 spiro atoms. The fourth-order valence-electron chi connectivity index (χ4n) is 0.913. The van der Waals surface area contributed by atoms with Crippen LogP contribution in [0.4, 0.5) is 4.39 Å². The van der Waals surface area contributed by atoms with Gasteiger partial charge in [0.1, 0.15) is 11.5 Å². The molecule has 0 unspecified atom stereocenters. The molecule has 12 heavy (non-hydrogen) atoms. The van der Waals surface area contributed by atoms with Crippen LogP contribution in [0.5, 0.6) is 0 Å². The maximum atomic E-state index is 11.8. The van der Waals surface area contributed by atoms with E-state index in [-0.39, 0.29) is 18.4 Å². The van der Waals surface area contributed by atoms with E-state index in [1.807, 2.05) is 13.0 Å². The molecule has 0 aliphatic heterocycles. The van der Waals surface area contributed by atoms with E-state index < -0.39 is 6.67 Å². The number of hydrogen-bond acceptors (Lipinski definition) is 2. The van der Waals surface area contributed by atoms with E-state index in [9.17, 15) is 4.39 Å². The topological polar surface area (TPSA) is 39.2 Å². The van der Waals surface area contributed by atoms with Gasteiger partial charge >= 0.3 is 0 Å². The molecular weight excluding hydrogens is 181 g/mol. The quantitative estimate of drug-likeness (QED) is 0.801. The summed E-state index contributed by atoms with van der Waals surface area (Å²) in [6.07, 6.45) is 0.326. The van der Waals surface area contributed by atoms with E-state index in [0.29, 0.717) is 12.2 Å². The summed E-state index contributed by atoms with van der Waals surface area (Å²) in [5, 5.41) is 0. The Balaban J connectivity index is 0.00000121. The van der Waals surface area contributed by atoms with E-state index >= 15 is 0 Å². The van der Waals surface area contributed by atoms with Crippen LogP contribution in [0.15, 0.2) is 16.5 Å². The molecule has 0 aromatic carbocycles. The molecule has 0 aliphatic carbocycles. The lowest BCUT2D eigenvalue weighted by molar-refractivity contribution is 0.389. The Bertz CT molecular complexity index is 227. The molecule has 2 N–H and O–H groups in total. The molecule has 0 bridgehead atoms. The first-order valence-electron chi connectivity index (χ1n) is 3.62. The summed E-state index contributed by atoms with van der Waals surface area (Å²) >= 11 is 0. The van der Waals surface area contributed by atoms with Crippen molar-refractivity contribution in [2.45, 2.75) is 19.4 Å². The first-order chi connectivity index (χ1) is 5.24. The highest BCUT2D eigenvalue weighted by Crippen LogP contribution is 2.16. The molecule has 1 rings (SSSR count). The molecule has 2 nitrogen and oxygen atoms in total. The maximum absolute atomic E-state index is 11.8. The number of rotatable bonds is 3. The van der Waals surface area contributed by atoms with E-state index in [2.05, 4.69) is 0 Å². The van der Waals surface area contributed by atoms with Gasteiger partial charge in [-0.3, -0.25) is 4.39 Å². The molecule has 1 atom stereocenters. The minimum Gasteiger partial charge on any atom is -0.465 e. The van der Waals surface area contributed by atoms with Crippen molar-refractivity contribution in [1.82, 2.24) is 0 Å². The van der Waals surface area contributed by atoms with Crippen LogP contribution >= 0.6 is 12.4 Å². The van der Waals surface area contributed by atoms with Gasteiger partial charge in [0.05, 0.1) is 12.7 Å². The third-order valence-corrected chi connectivity index (χ3v) is 1.55.